The van der Waals surface area contributed by atoms with Crippen LogP contribution >= 0.6 is 23.5 Å². The molecule has 3 nitrogen and oxygen atoms in total. The fourth-order valence-electron chi connectivity index (χ4n) is 5.60. The molecule has 2 fully saturated rings. The van der Waals surface area contributed by atoms with Gasteiger partial charge in [0.1, 0.15) is 5.75 Å². The third-order valence-electron chi connectivity index (χ3n) is 7.35. The van der Waals surface area contributed by atoms with Gasteiger partial charge in [0, 0.05) is 35.2 Å². The number of hydrogen-bond donors (Lipinski definition) is 1. The van der Waals surface area contributed by atoms with Crippen LogP contribution in [0.4, 0.5) is 5.69 Å². The van der Waals surface area contributed by atoms with E-state index in [0.717, 1.165) is 18.8 Å². The molecule has 2 aromatic carbocycles. The van der Waals surface area contributed by atoms with E-state index in [4.69, 9.17) is 0 Å². The third-order valence-corrected chi connectivity index (χ3v) is 10.1. The number of anilines is 1. The molecule has 2 aliphatic carbocycles. The smallest absolute Gasteiger partial charge is 0.117 e. The van der Waals surface area contributed by atoms with Gasteiger partial charge < -0.3 is 14.9 Å². The Morgan fingerprint density at radius 1 is 1.03 bits per heavy atom. The number of phenolic OH excluding ortho intramolecular Hbond substituents is 1. The fraction of sp³-hybridized carbons (Fsp3) is 0.267. The zero-order valence-corrected chi connectivity index (χ0v) is 21.7. The quantitative estimate of drug-likeness (QED) is 0.460. The maximum atomic E-state index is 9.91. The number of fused-ring (bicyclic) bond motifs is 2. The minimum Gasteiger partial charge on any atom is -0.508 e. The molecule has 0 aromatic heterocycles. The first kappa shape index (κ1) is 22.7. The Hall–Kier alpha value is -2.76. The van der Waals surface area contributed by atoms with Gasteiger partial charge in [-0.2, -0.15) is 0 Å². The van der Waals surface area contributed by atoms with Gasteiger partial charge in [0.25, 0.3) is 0 Å². The van der Waals surface area contributed by atoms with Gasteiger partial charge >= 0.3 is 0 Å². The molecule has 4 atom stereocenters. The van der Waals surface area contributed by atoms with Crippen LogP contribution < -0.4 is 4.90 Å². The highest BCUT2D eigenvalue weighted by molar-refractivity contribution is 8.04. The molecule has 1 saturated heterocycles. The summed E-state index contributed by atoms with van der Waals surface area (Å²) >= 11 is 3.87. The first-order valence-corrected chi connectivity index (χ1v) is 14.1. The molecule has 2 aromatic rings. The van der Waals surface area contributed by atoms with Crippen molar-refractivity contribution in [1.82, 2.24) is 4.90 Å². The SMILES string of the molecule is CCN1c2cc(O)ccc2SC1/C=C/C=C1/SC2C3C=C(/C=C/c4ccccc4)C=CC32N1CC. The average Bonchev–Trinajstić information content (AvgIpc) is 3.19. The molecule has 1 saturated carbocycles. The molecule has 1 spiro atoms. The molecular weight excluding hydrogens is 468 g/mol. The number of thioether (sulfide) groups is 2. The average molecular weight is 499 g/mol. The third kappa shape index (κ3) is 3.85. The number of benzene rings is 2. The Morgan fingerprint density at radius 2 is 1.89 bits per heavy atom. The largest absolute Gasteiger partial charge is 0.508 e. The van der Waals surface area contributed by atoms with Gasteiger partial charge in [0.2, 0.25) is 0 Å². The van der Waals surface area contributed by atoms with Crippen molar-refractivity contribution in [3.8, 4) is 5.75 Å². The zero-order valence-electron chi connectivity index (χ0n) is 20.0. The summed E-state index contributed by atoms with van der Waals surface area (Å²) in [5.41, 5.74) is 3.82. The summed E-state index contributed by atoms with van der Waals surface area (Å²) in [7, 11) is 0. The zero-order chi connectivity index (χ0) is 24.0. The van der Waals surface area contributed by atoms with E-state index in [-0.39, 0.29) is 10.9 Å². The van der Waals surface area contributed by atoms with Gasteiger partial charge in [0.05, 0.1) is 21.6 Å². The molecule has 1 N–H and O–H groups in total. The second kappa shape index (κ2) is 9.03. The summed E-state index contributed by atoms with van der Waals surface area (Å²) < 4.78 is 0. The second-order valence-corrected chi connectivity index (χ2v) is 11.6. The molecule has 6 rings (SSSR count). The minimum atomic E-state index is 0.147. The van der Waals surface area contributed by atoms with E-state index in [1.54, 1.807) is 6.07 Å². The molecule has 35 heavy (non-hydrogen) atoms. The Balaban J connectivity index is 1.15. The van der Waals surface area contributed by atoms with Crippen molar-refractivity contribution in [1.29, 1.82) is 0 Å². The molecule has 0 bridgehead atoms. The van der Waals surface area contributed by atoms with Gasteiger partial charge in [-0.15, -0.1) is 11.8 Å². The lowest BCUT2D eigenvalue weighted by Gasteiger charge is -2.30. The molecule has 2 heterocycles. The van der Waals surface area contributed by atoms with Crippen molar-refractivity contribution in [2.45, 2.75) is 34.9 Å². The van der Waals surface area contributed by atoms with Crippen LogP contribution in [0.25, 0.3) is 6.08 Å². The summed E-state index contributed by atoms with van der Waals surface area (Å²) in [4.78, 5) is 6.17. The Kier molecular flexibility index (Phi) is 5.85. The topological polar surface area (TPSA) is 26.7 Å². The van der Waals surface area contributed by atoms with Crippen molar-refractivity contribution >= 4 is 35.3 Å². The number of allylic oxidation sites excluding steroid dienone is 5. The summed E-state index contributed by atoms with van der Waals surface area (Å²) in [6.07, 6.45) is 18.5. The fourth-order valence-corrected chi connectivity index (χ4v) is 8.61. The maximum absolute atomic E-state index is 9.91. The minimum absolute atomic E-state index is 0.147. The van der Waals surface area contributed by atoms with Gasteiger partial charge in [0.15, 0.2) is 0 Å². The van der Waals surface area contributed by atoms with Crippen molar-refractivity contribution in [3.63, 3.8) is 0 Å². The van der Waals surface area contributed by atoms with Crippen LogP contribution in [0.2, 0.25) is 0 Å². The van der Waals surface area contributed by atoms with E-state index in [1.165, 1.54) is 21.1 Å². The predicted molar refractivity (Wildman–Crippen MR) is 151 cm³/mol. The molecule has 2 aliphatic heterocycles. The first-order chi connectivity index (χ1) is 17.1. The van der Waals surface area contributed by atoms with Crippen LogP contribution in [0.3, 0.4) is 0 Å². The molecule has 4 aliphatic rings. The molecular formula is C30H30N2OS2. The van der Waals surface area contributed by atoms with Crippen LogP contribution in [0.1, 0.15) is 19.4 Å². The number of phenols is 1. The van der Waals surface area contributed by atoms with Gasteiger partial charge in [-0.25, -0.2) is 0 Å². The van der Waals surface area contributed by atoms with Crippen LogP contribution in [0, 0.1) is 5.92 Å². The summed E-state index contributed by atoms with van der Waals surface area (Å²) in [5.74, 6) is 0.911. The Morgan fingerprint density at radius 3 is 2.69 bits per heavy atom. The first-order valence-electron chi connectivity index (χ1n) is 12.4. The van der Waals surface area contributed by atoms with Crippen LogP contribution in [0.5, 0.6) is 5.75 Å². The molecule has 5 heteroatoms. The van der Waals surface area contributed by atoms with Gasteiger partial charge in [-0.05, 0) is 43.2 Å². The van der Waals surface area contributed by atoms with E-state index in [2.05, 4.69) is 103 Å². The standard InChI is InChI=1S/C30H30N2OS2/c1-3-31-25-20-23(33)15-16-26(25)34-27(31)11-8-12-28-32(4-2)30-18-17-22(19-24(30)29(30)35-28)14-13-21-9-6-5-7-10-21/h5-20,24,27,29,33H,3-4H2,1-2H3/b11-8+,14-13+,28-12+. The normalized spacial score (nSPS) is 29.7. The highest BCUT2D eigenvalue weighted by Gasteiger charge is 2.71. The second-order valence-electron chi connectivity index (χ2n) is 9.28. The van der Waals surface area contributed by atoms with E-state index < -0.39 is 0 Å². The number of aromatic hydroxyl groups is 1. The van der Waals surface area contributed by atoms with Crippen molar-refractivity contribution in [3.05, 3.63) is 107 Å². The summed E-state index contributed by atoms with van der Waals surface area (Å²) in [5, 5.41) is 12.1. The predicted octanol–water partition coefficient (Wildman–Crippen LogP) is 7.06. The lowest BCUT2D eigenvalue weighted by molar-refractivity contribution is 0.305. The number of likely N-dealkylation sites (N-methyl/N-ethyl adjacent to an activating group) is 2. The Bertz CT molecular complexity index is 1280. The van der Waals surface area contributed by atoms with E-state index in [1.807, 2.05) is 35.7 Å². The monoisotopic (exact) mass is 498 g/mol. The van der Waals surface area contributed by atoms with Crippen LogP contribution in [-0.2, 0) is 0 Å². The number of rotatable bonds is 6. The molecule has 4 unspecified atom stereocenters. The van der Waals surface area contributed by atoms with E-state index in [9.17, 15) is 5.11 Å². The van der Waals surface area contributed by atoms with Crippen LogP contribution in [-0.4, -0.2) is 39.3 Å². The maximum Gasteiger partial charge on any atom is 0.117 e. The van der Waals surface area contributed by atoms with Crippen molar-refractivity contribution in [2.24, 2.45) is 5.92 Å². The molecule has 178 valence electrons. The van der Waals surface area contributed by atoms with Gasteiger partial charge in [-0.1, -0.05) is 84.6 Å². The molecule has 0 amide bonds. The van der Waals surface area contributed by atoms with Crippen molar-refractivity contribution < 1.29 is 5.11 Å². The number of nitrogens with zero attached hydrogens (tertiary/aromatic N) is 2. The summed E-state index contributed by atoms with van der Waals surface area (Å²) in [6.45, 7) is 6.36. The van der Waals surface area contributed by atoms with E-state index >= 15 is 0 Å². The summed E-state index contributed by atoms with van der Waals surface area (Å²) in [6, 6.07) is 16.2. The lowest BCUT2D eigenvalue weighted by Crippen LogP contribution is -2.34. The lowest BCUT2D eigenvalue weighted by atomic mass is 10.0. The van der Waals surface area contributed by atoms with E-state index in [0.29, 0.717) is 16.9 Å². The highest BCUT2D eigenvalue weighted by Crippen LogP contribution is 2.68. The highest BCUT2D eigenvalue weighted by atomic mass is 32.2. The van der Waals surface area contributed by atoms with Crippen molar-refractivity contribution in [2.75, 3.05) is 18.0 Å². The van der Waals surface area contributed by atoms with Crippen LogP contribution in [0.15, 0.2) is 107 Å². The Labute approximate surface area is 216 Å². The number of hydrogen-bond acceptors (Lipinski definition) is 5. The van der Waals surface area contributed by atoms with Gasteiger partial charge in [-0.3, -0.25) is 0 Å². The molecule has 0 radical (unpaired) electrons.